The number of aryl methyl sites for hydroxylation is 1. The second-order valence-corrected chi connectivity index (χ2v) is 5.07. The van der Waals surface area contributed by atoms with Gasteiger partial charge in [-0.3, -0.25) is 10.1 Å². The molecule has 0 radical (unpaired) electrons. The first-order chi connectivity index (χ1) is 11.0. The molecule has 7 nitrogen and oxygen atoms in total. The van der Waals surface area contributed by atoms with Crippen molar-refractivity contribution < 1.29 is 14.4 Å². The number of hydrogen-bond donors (Lipinski definition) is 1. The molecule has 0 fully saturated rings. The van der Waals surface area contributed by atoms with Crippen LogP contribution < -0.4 is 14.8 Å². The molecule has 2 rings (SSSR count). The Morgan fingerprint density at radius 2 is 1.91 bits per heavy atom. The van der Waals surface area contributed by atoms with Crippen LogP contribution in [-0.2, 0) is 0 Å². The molecule has 2 aromatic rings. The fraction of sp³-hybridized carbons (Fsp3) is 0.312. The Hall–Kier alpha value is -2.83. The molecule has 0 aliphatic heterocycles. The number of nitro groups is 1. The highest BCUT2D eigenvalue weighted by Crippen LogP contribution is 2.25. The Labute approximate surface area is 134 Å². The maximum atomic E-state index is 11.1. The number of benzene rings is 1. The molecule has 1 aromatic carbocycles. The largest absolute Gasteiger partial charge is 0.497 e. The molecule has 0 aliphatic rings. The van der Waals surface area contributed by atoms with Gasteiger partial charge in [-0.2, -0.15) is 0 Å². The number of ether oxygens (including phenoxy) is 2. The SMILES string of the molecule is COc1ccc(OC(C)CNc2nccc(C)c2[N+](=O)[O-])cc1. The third kappa shape index (κ3) is 4.32. The predicted octanol–water partition coefficient (Wildman–Crippen LogP) is 3.19. The molecule has 7 heteroatoms. The minimum absolute atomic E-state index is 0.0100. The molecular formula is C16H19N3O4. The van der Waals surface area contributed by atoms with E-state index in [0.29, 0.717) is 17.9 Å². The molecule has 0 saturated heterocycles. The summed E-state index contributed by atoms with van der Waals surface area (Å²) in [5.74, 6) is 1.70. The highest BCUT2D eigenvalue weighted by atomic mass is 16.6. The number of methoxy groups -OCH3 is 1. The van der Waals surface area contributed by atoms with Gasteiger partial charge in [-0.25, -0.2) is 4.98 Å². The molecule has 1 atom stereocenters. The molecular weight excluding hydrogens is 298 g/mol. The van der Waals surface area contributed by atoms with Gasteiger partial charge in [-0.15, -0.1) is 0 Å². The summed E-state index contributed by atoms with van der Waals surface area (Å²) in [6, 6.07) is 8.84. The first kappa shape index (κ1) is 16.5. The second-order valence-electron chi connectivity index (χ2n) is 5.07. The van der Waals surface area contributed by atoms with Gasteiger partial charge in [0.1, 0.15) is 17.6 Å². The summed E-state index contributed by atoms with van der Waals surface area (Å²) in [7, 11) is 1.60. The van der Waals surface area contributed by atoms with Crippen LogP contribution in [-0.4, -0.2) is 29.7 Å². The normalized spacial score (nSPS) is 11.6. The molecule has 1 aromatic heterocycles. The van der Waals surface area contributed by atoms with Gasteiger partial charge >= 0.3 is 5.69 Å². The Kier molecular flexibility index (Phi) is 5.35. The fourth-order valence-electron chi connectivity index (χ4n) is 2.08. The minimum atomic E-state index is -0.431. The maximum absolute atomic E-state index is 11.1. The fourth-order valence-corrected chi connectivity index (χ4v) is 2.08. The first-order valence-electron chi connectivity index (χ1n) is 7.16. The van der Waals surface area contributed by atoms with E-state index >= 15 is 0 Å². The first-order valence-corrected chi connectivity index (χ1v) is 7.16. The molecule has 1 N–H and O–H groups in total. The van der Waals surface area contributed by atoms with E-state index in [1.54, 1.807) is 26.3 Å². The average Bonchev–Trinajstić information content (AvgIpc) is 2.53. The number of nitrogens with zero attached hydrogens (tertiary/aromatic N) is 2. The van der Waals surface area contributed by atoms with Crippen LogP contribution in [0.4, 0.5) is 11.5 Å². The van der Waals surface area contributed by atoms with E-state index in [1.165, 1.54) is 0 Å². The second kappa shape index (κ2) is 7.44. The van der Waals surface area contributed by atoms with E-state index in [4.69, 9.17) is 9.47 Å². The molecule has 0 bridgehead atoms. The van der Waals surface area contributed by atoms with Crippen LogP contribution in [0.15, 0.2) is 36.5 Å². The van der Waals surface area contributed by atoms with Crippen molar-refractivity contribution in [2.75, 3.05) is 19.0 Å². The highest BCUT2D eigenvalue weighted by molar-refractivity contribution is 5.59. The van der Waals surface area contributed by atoms with Crippen molar-refractivity contribution in [3.8, 4) is 11.5 Å². The van der Waals surface area contributed by atoms with E-state index in [9.17, 15) is 10.1 Å². The van der Waals surface area contributed by atoms with Crippen LogP contribution >= 0.6 is 0 Å². The lowest BCUT2D eigenvalue weighted by atomic mass is 10.2. The van der Waals surface area contributed by atoms with Crippen molar-refractivity contribution in [2.45, 2.75) is 20.0 Å². The summed E-state index contributed by atoms with van der Waals surface area (Å²) in [6.07, 6.45) is 1.35. The van der Waals surface area contributed by atoms with Crippen molar-refractivity contribution in [2.24, 2.45) is 0 Å². The van der Waals surface area contributed by atoms with Crippen molar-refractivity contribution in [3.63, 3.8) is 0 Å². The molecule has 23 heavy (non-hydrogen) atoms. The van der Waals surface area contributed by atoms with Crippen LogP contribution in [0.3, 0.4) is 0 Å². The zero-order chi connectivity index (χ0) is 16.8. The number of aromatic nitrogens is 1. The lowest BCUT2D eigenvalue weighted by molar-refractivity contribution is -0.384. The van der Waals surface area contributed by atoms with E-state index < -0.39 is 4.92 Å². The summed E-state index contributed by atoms with van der Waals surface area (Å²) in [6.45, 7) is 3.95. The van der Waals surface area contributed by atoms with Crippen molar-refractivity contribution >= 4 is 11.5 Å². The summed E-state index contributed by atoms with van der Waals surface area (Å²) in [4.78, 5) is 14.7. The molecule has 0 saturated carbocycles. The maximum Gasteiger partial charge on any atom is 0.314 e. The molecule has 122 valence electrons. The number of hydrogen-bond acceptors (Lipinski definition) is 6. The zero-order valence-electron chi connectivity index (χ0n) is 13.3. The average molecular weight is 317 g/mol. The standard InChI is InChI=1S/C16H19N3O4/c1-11-8-9-17-16(15(11)19(20)21)18-10-12(2)23-14-6-4-13(22-3)5-7-14/h4-9,12H,10H2,1-3H3,(H,17,18). The third-order valence-electron chi connectivity index (χ3n) is 3.26. The van der Waals surface area contributed by atoms with Crippen LogP contribution in [0.1, 0.15) is 12.5 Å². The lowest BCUT2D eigenvalue weighted by Gasteiger charge is -2.16. The lowest BCUT2D eigenvalue weighted by Crippen LogP contribution is -2.23. The third-order valence-corrected chi connectivity index (χ3v) is 3.26. The predicted molar refractivity (Wildman–Crippen MR) is 87.2 cm³/mol. The van der Waals surface area contributed by atoms with Crippen molar-refractivity contribution in [1.29, 1.82) is 0 Å². The monoisotopic (exact) mass is 317 g/mol. The van der Waals surface area contributed by atoms with Crippen LogP contribution in [0.5, 0.6) is 11.5 Å². The zero-order valence-corrected chi connectivity index (χ0v) is 13.3. The topological polar surface area (TPSA) is 86.5 Å². The Balaban J connectivity index is 1.97. The summed E-state index contributed by atoms with van der Waals surface area (Å²) in [5, 5.41) is 14.1. The van der Waals surface area contributed by atoms with E-state index in [-0.39, 0.29) is 17.6 Å². The van der Waals surface area contributed by atoms with Gasteiger partial charge < -0.3 is 14.8 Å². The molecule has 0 aliphatic carbocycles. The van der Waals surface area contributed by atoms with E-state index in [1.807, 2.05) is 31.2 Å². The highest BCUT2D eigenvalue weighted by Gasteiger charge is 2.18. The summed E-state index contributed by atoms with van der Waals surface area (Å²) < 4.78 is 10.8. The smallest absolute Gasteiger partial charge is 0.314 e. The van der Waals surface area contributed by atoms with Gasteiger partial charge in [0.2, 0.25) is 5.82 Å². The molecule has 0 amide bonds. The number of pyridine rings is 1. The summed E-state index contributed by atoms with van der Waals surface area (Å²) >= 11 is 0. The summed E-state index contributed by atoms with van der Waals surface area (Å²) in [5.41, 5.74) is 0.556. The number of rotatable bonds is 7. The quantitative estimate of drug-likeness (QED) is 0.623. The number of nitrogens with one attached hydrogen (secondary N) is 1. The minimum Gasteiger partial charge on any atom is -0.497 e. The van der Waals surface area contributed by atoms with E-state index in [2.05, 4.69) is 10.3 Å². The van der Waals surface area contributed by atoms with Crippen LogP contribution in [0.25, 0.3) is 0 Å². The number of anilines is 1. The van der Waals surface area contributed by atoms with Crippen molar-refractivity contribution in [3.05, 3.63) is 52.2 Å². The van der Waals surface area contributed by atoms with Gasteiger partial charge in [-0.05, 0) is 44.2 Å². The van der Waals surface area contributed by atoms with Gasteiger partial charge in [0.25, 0.3) is 0 Å². The van der Waals surface area contributed by atoms with Crippen LogP contribution in [0, 0.1) is 17.0 Å². The Bertz CT molecular complexity index is 674. The van der Waals surface area contributed by atoms with Gasteiger partial charge in [0.15, 0.2) is 0 Å². The molecule has 1 unspecified atom stereocenters. The Morgan fingerprint density at radius 1 is 1.26 bits per heavy atom. The van der Waals surface area contributed by atoms with Crippen LogP contribution in [0.2, 0.25) is 0 Å². The Morgan fingerprint density at radius 3 is 2.52 bits per heavy atom. The van der Waals surface area contributed by atoms with E-state index in [0.717, 1.165) is 5.75 Å². The molecule has 1 heterocycles. The van der Waals surface area contributed by atoms with Crippen molar-refractivity contribution in [1.82, 2.24) is 4.98 Å². The van der Waals surface area contributed by atoms with Gasteiger partial charge in [0.05, 0.1) is 18.6 Å². The van der Waals surface area contributed by atoms with Gasteiger partial charge in [-0.1, -0.05) is 0 Å². The van der Waals surface area contributed by atoms with Gasteiger partial charge in [0, 0.05) is 11.8 Å². The molecule has 0 spiro atoms.